The Morgan fingerprint density at radius 3 is 2.29 bits per heavy atom. The van der Waals surface area contributed by atoms with Gasteiger partial charge in [0.25, 0.3) is 0 Å². The van der Waals surface area contributed by atoms with E-state index in [1.54, 1.807) is 0 Å². The van der Waals surface area contributed by atoms with Gasteiger partial charge >= 0.3 is 6.18 Å². The predicted octanol–water partition coefficient (Wildman–Crippen LogP) is 4.91. The van der Waals surface area contributed by atoms with Gasteiger partial charge < -0.3 is 20.3 Å². The maximum absolute atomic E-state index is 13.6. The van der Waals surface area contributed by atoms with Crippen LogP contribution in [0.1, 0.15) is 30.3 Å². The minimum Gasteiger partial charge on any atom is -0.493 e. The van der Waals surface area contributed by atoms with Crippen molar-refractivity contribution in [3.05, 3.63) is 58.6 Å². The number of ether oxygens (including phenoxy) is 2. The lowest BCUT2D eigenvalue weighted by atomic mass is 10.1. The second-order valence-corrected chi connectivity index (χ2v) is 8.65. The molecule has 184 valence electrons. The molecule has 3 N–H and O–H groups in total. The minimum absolute atomic E-state index is 0.0393. The number of hydrogen-bond acceptors (Lipinski definition) is 7. The van der Waals surface area contributed by atoms with E-state index >= 15 is 0 Å². The largest absolute Gasteiger partial charge is 0.493 e. The Balaban J connectivity index is 1.62. The number of aromatic nitrogens is 2. The lowest BCUT2D eigenvalue weighted by molar-refractivity contribution is -0.138. The van der Waals surface area contributed by atoms with Crippen molar-refractivity contribution in [1.82, 2.24) is 10.2 Å². The Morgan fingerprint density at radius 2 is 1.65 bits per heavy atom. The van der Waals surface area contributed by atoms with Gasteiger partial charge in [-0.25, -0.2) is 8.78 Å². The summed E-state index contributed by atoms with van der Waals surface area (Å²) in [5.41, 5.74) is 3.95. The molecule has 1 heterocycles. The highest BCUT2D eigenvalue weighted by Crippen LogP contribution is 2.39. The monoisotopic (exact) mass is 503 g/mol. The van der Waals surface area contributed by atoms with E-state index < -0.39 is 35.5 Å². The van der Waals surface area contributed by atoms with Crippen LogP contribution in [0.2, 0.25) is 0 Å². The highest BCUT2D eigenvalue weighted by atomic mass is 32.1. The number of aliphatic hydroxyl groups excluding tert-OH is 1. The number of nitrogens with two attached hydrogens (primary N) is 1. The second-order valence-electron chi connectivity index (χ2n) is 7.68. The van der Waals surface area contributed by atoms with Crippen LogP contribution in [0.4, 0.5) is 22.0 Å². The molecule has 2 aromatic carbocycles. The summed E-state index contributed by atoms with van der Waals surface area (Å²) in [4.78, 5) is 0. The SMILES string of the molecule is CC(N)(CO)c1nnc(-c2ccc(OCCCCOc3cc(F)ccc3F)c(C(F)(F)F)c2)s1. The molecule has 0 aliphatic heterocycles. The number of hydrogen-bond donors (Lipinski definition) is 2. The third-order valence-corrected chi connectivity index (χ3v) is 5.97. The van der Waals surface area contributed by atoms with E-state index in [0.717, 1.165) is 35.6 Å². The summed E-state index contributed by atoms with van der Waals surface area (Å²) < 4.78 is 78.0. The maximum Gasteiger partial charge on any atom is 0.419 e. The van der Waals surface area contributed by atoms with Crippen molar-refractivity contribution in [2.45, 2.75) is 31.5 Å². The Morgan fingerprint density at radius 1 is 0.971 bits per heavy atom. The molecular formula is C22H22F5N3O3S. The zero-order valence-electron chi connectivity index (χ0n) is 18.0. The van der Waals surface area contributed by atoms with Gasteiger partial charge in [-0.05, 0) is 50.1 Å². The number of alkyl halides is 3. The van der Waals surface area contributed by atoms with Crippen LogP contribution < -0.4 is 15.2 Å². The molecule has 0 radical (unpaired) electrons. The van der Waals surface area contributed by atoms with Crippen molar-refractivity contribution in [2.75, 3.05) is 19.8 Å². The van der Waals surface area contributed by atoms with Gasteiger partial charge in [0.1, 0.15) is 21.6 Å². The Hall–Kier alpha value is -2.83. The van der Waals surface area contributed by atoms with E-state index in [-0.39, 0.29) is 35.3 Å². The Kier molecular flexibility index (Phi) is 8.05. The van der Waals surface area contributed by atoms with Crippen LogP contribution in [0.25, 0.3) is 10.6 Å². The van der Waals surface area contributed by atoms with Gasteiger partial charge in [-0.15, -0.1) is 10.2 Å². The van der Waals surface area contributed by atoms with E-state index in [9.17, 15) is 27.1 Å². The number of nitrogens with zero attached hydrogens (tertiary/aromatic N) is 2. The van der Waals surface area contributed by atoms with Crippen LogP contribution in [0.3, 0.4) is 0 Å². The molecule has 3 aromatic rings. The van der Waals surface area contributed by atoms with E-state index in [2.05, 4.69) is 10.2 Å². The third kappa shape index (κ3) is 6.39. The van der Waals surface area contributed by atoms with E-state index in [4.69, 9.17) is 15.2 Å². The molecule has 1 unspecified atom stereocenters. The number of benzene rings is 2. The van der Waals surface area contributed by atoms with Crippen molar-refractivity contribution in [3.63, 3.8) is 0 Å². The summed E-state index contributed by atoms with van der Waals surface area (Å²) in [5, 5.41) is 17.6. The molecule has 0 aliphatic carbocycles. The van der Waals surface area contributed by atoms with Crippen LogP contribution in [-0.2, 0) is 11.7 Å². The molecule has 0 amide bonds. The number of halogens is 5. The van der Waals surface area contributed by atoms with Gasteiger partial charge in [-0.2, -0.15) is 13.2 Å². The van der Waals surface area contributed by atoms with Gasteiger partial charge in [0.15, 0.2) is 11.6 Å². The molecule has 0 aliphatic rings. The normalized spacial score (nSPS) is 13.5. The molecule has 0 spiro atoms. The first-order valence-corrected chi connectivity index (χ1v) is 11.0. The van der Waals surface area contributed by atoms with Gasteiger partial charge in [-0.3, -0.25) is 0 Å². The van der Waals surface area contributed by atoms with E-state index in [0.29, 0.717) is 17.8 Å². The highest BCUT2D eigenvalue weighted by molar-refractivity contribution is 7.14. The molecule has 6 nitrogen and oxygen atoms in total. The highest BCUT2D eigenvalue weighted by Gasteiger charge is 2.35. The molecule has 34 heavy (non-hydrogen) atoms. The molecule has 3 rings (SSSR count). The molecule has 0 saturated heterocycles. The van der Waals surface area contributed by atoms with Crippen molar-refractivity contribution < 1.29 is 36.5 Å². The first-order valence-electron chi connectivity index (χ1n) is 10.2. The molecular weight excluding hydrogens is 481 g/mol. The van der Waals surface area contributed by atoms with Gasteiger partial charge in [-0.1, -0.05) is 11.3 Å². The fourth-order valence-electron chi connectivity index (χ4n) is 2.80. The average molecular weight is 503 g/mol. The average Bonchev–Trinajstić information content (AvgIpc) is 3.29. The van der Waals surface area contributed by atoms with E-state index in [1.807, 2.05) is 0 Å². The predicted molar refractivity (Wildman–Crippen MR) is 116 cm³/mol. The van der Waals surface area contributed by atoms with Crippen molar-refractivity contribution in [3.8, 4) is 22.1 Å². The van der Waals surface area contributed by atoms with Crippen LogP contribution in [0, 0.1) is 11.6 Å². The lowest BCUT2D eigenvalue weighted by Gasteiger charge is -2.17. The molecule has 12 heteroatoms. The fraction of sp³-hybridized carbons (Fsp3) is 0.364. The van der Waals surface area contributed by atoms with E-state index in [1.165, 1.54) is 19.1 Å². The first kappa shape index (κ1) is 25.8. The number of rotatable bonds is 10. The summed E-state index contributed by atoms with van der Waals surface area (Å²) in [6.45, 7) is 1.14. The molecule has 1 atom stereocenters. The minimum atomic E-state index is -4.68. The molecule has 0 saturated carbocycles. The Bertz CT molecular complexity index is 1120. The van der Waals surface area contributed by atoms with Crippen LogP contribution >= 0.6 is 11.3 Å². The number of unbranched alkanes of at least 4 members (excludes halogenated alkanes) is 1. The van der Waals surface area contributed by atoms with Crippen LogP contribution in [-0.4, -0.2) is 35.1 Å². The molecule has 1 aromatic heterocycles. The Labute approximate surface area is 196 Å². The molecule has 0 fully saturated rings. The van der Waals surface area contributed by atoms with Gasteiger partial charge in [0.2, 0.25) is 0 Å². The van der Waals surface area contributed by atoms with Crippen LogP contribution in [0.5, 0.6) is 11.5 Å². The zero-order valence-corrected chi connectivity index (χ0v) is 18.8. The summed E-state index contributed by atoms with van der Waals surface area (Å²) in [7, 11) is 0. The summed E-state index contributed by atoms with van der Waals surface area (Å²) >= 11 is 0.990. The summed E-state index contributed by atoms with van der Waals surface area (Å²) in [6, 6.07) is 6.38. The third-order valence-electron chi connectivity index (χ3n) is 4.72. The fourth-order valence-corrected chi connectivity index (χ4v) is 3.69. The second kappa shape index (κ2) is 10.6. The number of aliphatic hydroxyl groups is 1. The summed E-state index contributed by atoms with van der Waals surface area (Å²) in [6.07, 6.45) is -4.00. The lowest BCUT2D eigenvalue weighted by Crippen LogP contribution is -2.36. The van der Waals surface area contributed by atoms with Gasteiger partial charge in [0, 0.05) is 11.6 Å². The van der Waals surface area contributed by atoms with Crippen molar-refractivity contribution >= 4 is 11.3 Å². The zero-order chi connectivity index (χ0) is 24.9. The topological polar surface area (TPSA) is 90.5 Å². The maximum atomic E-state index is 13.6. The van der Waals surface area contributed by atoms with Crippen molar-refractivity contribution in [1.29, 1.82) is 0 Å². The smallest absolute Gasteiger partial charge is 0.419 e. The molecule has 0 bridgehead atoms. The standard InChI is InChI=1S/C22H22F5N3O3S/c1-21(28,12-31)20-30-29-19(34-20)13-4-7-17(15(10-13)22(25,26)27)32-8-2-3-9-33-18-11-14(23)5-6-16(18)24/h4-7,10-11,31H,2-3,8-9,12,28H2,1H3. The quantitative estimate of drug-likeness (QED) is 0.302. The first-order chi connectivity index (χ1) is 16.0. The van der Waals surface area contributed by atoms with Crippen LogP contribution in [0.15, 0.2) is 36.4 Å². The van der Waals surface area contributed by atoms with Crippen molar-refractivity contribution in [2.24, 2.45) is 5.73 Å². The van der Waals surface area contributed by atoms with Gasteiger partial charge in [0.05, 0.1) is 30.9 Å². The summed E-state index contributed by atoms with van der Waals surface area (Å²) in [5.74, 6) is -1.93.